The molecule has 2 amide bonds. The highest BCUT2D eigenvalue weighted by Gasteiger charge is 2.41. The molecule has 0 bridgehead atoms. The van der Waals surface area contributed by atoms with E-state index in [1.165, 1.54) is 47.4 Å². The van der Waals surface area contributed by atoms with Gasteiger partial charge in [0.15, 0.2) is 5.69 Å². The topological polar surface area (TPSA) is 67.2 Å². The van der Waals surface area contributed by atoms with Crippen LogP contribution in [0.25, 0.3) is 5.69 Å². The van der Waals surface area contributed by atoms with Crippen molar-refractivity contribution in [1.82, 2.24) is 20.0 Å². The third kappa shape index (κ3) is 4.91. The summed E-state index contributed by atoms with van der Waals surface area (Å²) in [5.41, 5.74) is -1.74. The lowest BCUT2D eigenvalue weighted by Crippen LogP contribution is -2.46. The van der Waals surface area contributed by atoms with Gasteiger partial charge in [0.1, 0.15) is 5.82 Å². The van der Waals surface area contributed by atoms with Crippen LogP contribution in [-0.4, -0.2) is 45.6 Å². The van der Waals surface area contributed by atoms with Crippen molar-refractivity contribution in [3.8, 4) is 5.69 Å². The molecule has 1 aliphatic rings. The average molecular weight is 495 g/mol. The van der Waals surface area contributed by atoms with Crippen LogP contribution in [0.5, 0.6) is 0 Å². The molecule has 0 atom stereocenters. The van der Waals surface area contributed by atoms with Crippen LogP contribution < -0.4 is 5.32 Å². The summed E-state index contributed by atoms with van der Waals surface area (Å²) in [7, 11) is 0. The molecule has 0 spiro atoms. The lowest BCUT2D eigenvalue weighted by molar-refractivity contribution is -0.143. The molecule has 178 valence electrons. The molecule has 1 fully saturated rings. The zero-order valence-corrected chi connectivity index (χ0v) is 18.4. The van der Waals surface area contributed by atoms with E-state index in [-0.39, 0.29) is 24.3 Å². The lowest BCUT2D eigenvalue weighted by atomic mass is 10.0. The van der Waals surface area contributed by atoms with E-state index in [0.717, 1.165) is 6.20 Å². The summed E-state index contributed by atoms with van der Waals surface area (Å²) >= 11 is 5.81. The number of alkyl halides is 3. The van der Waals surface area contributed by atoms with Crippen LogP contribution in [0.3, 0.4) is 0 Å². The van der Waals surface area contributed by atoms with E-state index in [1.54, 1.807) is 6.07 Å². The van der Waals surface area contributed by atoms with E-state index < -0.39 is 41.1 Å². The summed E-state index contributed by atoms with van der Waals surface area (Å²) in [6.45, 7) is 0.461. The minimum atomic E-state index is -4.83. The van der Waals surface area contributed by atoms with E-state index in [1.807, 2.05) is 0 Å². The van der Waals surface area contributed by atoms with Crippen LogP contribution in [0.1, 0.15) is 39.3 Å². The Hall–Kier alpha value is -3.40. The molecule has 1 aromatic heterocycles. The normalized spacial score (nSPS) is 14.8. The number of nitrogens with zero attached hydrogens (tertiary/aromatic N) is 3. The maximum atomic E-state index is 13.9. The number of carbonyl (C=O) groups excluding carboxylic acids is 2. The Morgan fingerprint density at radius 2 is 1.65 bits per heavy atom. The van der Waals surface area contributed by atoms with Crippen molar-refractivity contribution in [2.45, 2.75) is 25.1 Å². The van der Waals surface area contributed by atoms with Gasteiger partial charge in [0.05, 0.1) is 23.0 Å². The molecule has 0 saturated carbocycles. The summed E-state index contributed by atoms with van der Waals surface area (Å²) in [5, 5.41) is 6.73. The average Bonchev–Trinajstić information content (AvgIpc) is 3.26. The van der Waals surface area contributed by atoms with E-state index >= 15 is 0 Å². The minimum Gasteiger partial charge on any atom is -0.349 e. The summed E-state index contributed by atoms with van der Waals surface area (Å²) < 4.78 is 56.1. The first-order valence-corrected chi connectivity index (χ1v) is 10.8. The number of benzene rings is 2. The fraction of sp³-hybridized carbons (Fsp3) is 0.261. The van der Waals surface area contributed by atoms with Crippen molar-refractivity contribution in [1.29, 1.82) is 0 Å². The number of aromatic nitrogens is 2. The van der Waals surface area contributed by atoms with Crippen molar-refractivity contribution < 1.29 is 27.2 Å². The van der Waals surface area contributed by atoms with Gasteiger partial charge in [-0.1, -0.05) is 23.7 Å². The van der Waals surface area contributed by atoms with Crippen molar-refractivity contribution in [2.75, 3.05) is 13.1 Å². The fourth-order valence-corrected chi connectivity index (χ4v) is 3.99. The van der Waals surface area contributed by atoms with Crippen LogP contribution in [0.15, 0.2) is 54.7 Å². The van der Waals surface area contributed by atoms with Crippen LogP contribution in [0, 0.1) is 5.82 Å². The van der Waals surface area contributed by atoms with Gasteiger partial charge in [0.2, 0.25) is 0 Å². The Bertz CT molecular complexity index is 1200. The molecule has 3 aromatic rings. The molecule has 0 unspecified atom stereocenters. The standard InChI is InChI=1S/C23H19ClF4N4O2/c24-14-5-7-16(8-6-14)32-20(23(26,27)28)18(13-29-32)21(33)30-15-9-11-31(12-10-15)22(34)17-3-1-2-4-19(17)25/h1-8,13,15H,9-12H2,(H,30,33). The van der Waals surface area contributed by atoms with Crippen LogP contribution >= 0.6 is 11.6 Å². The van der Waals surface area contributed by atoms with Gasteiger partial charge in [-0.15, -0.1) is 0 Å². The number of hydrogen-bond donors (Lipinski definition) is 1. The van der Waals surface area contributed by atoms with Crippen LogP contribution in [-0.2, 0) is 6.18 Å². The van der Waals surface area contributed by atoms with Gasteiger partial charge in [0, 0.05) is 24.2 Å². The first-order valence-electron chi connectivity index (χ1n) is 10.4. The molecule has 1 N–H and O–H groups in total. The first kappa shape index (κ1) is 23.7. The number of amides is 2. The third-order valence-electron chi connectivity index (χ3n) is 5.58. The lowest BCUT2D eigenvalue weighted by Gasteiger charge is -2.32. The van der Waals surface area contributed by atoms with Gasteiger partial charge in [-0.25, -0.2) is 9.07 Å². The molecule has 6 nitrogen and oxygen atoms in total. The number of halogens is 5. The number of hydrogen-bond acceptors (Lipinski definition) is 3. The predicted molar refractivity (Wildman–Crippen MR) is 116 cm³/mol. The Balaban J connectivity index is 1.46. The molecule has 0 aliphatic carbocycles. The maximum Gasteiger partial charge on any atom is 0.434 e. The Morgan fingerprint density at radius 1 is 1.00 bits per heavy atom. The Morgan fingerprint density at radius 3 is 2.26 bits per heavy atom. The van der Waals surface area contributed by atoms with Crippen molar-refractivity contribution in [3.05, 3.63) is 82.4 Å². The minimum absolute atomic E-state index is 0.0468. The van der Waals surface area contributed by atoms with Crippen molar-refractivity contribution in [2.24, 2.45) is 0 Å². The van der Waals surface area contributed by atoms with Gasteiger partial charge in [-0.05, 0) is 49.2 Å². The molecule has 11 heteroatoms. The summed E-state index contributed by atoms with van der Waals surface area (Å²) in [5.74, 6) is -2.00. The second-order valence-corrected chi connectivity index (χ2v) is 8.25. The summed E-state index contributed by atoms with van der Waals surface area (Å²) in [6, 6.07) is 10.8. The zero-order valence-electron chi connectivity index (χ0n) is 17.6. The number of likely N-dealkylation sites (tertiary alicyclic amines) is 1. The van der Waals surface area contributed by atoms with E-state index in [4.69, 9.17) is 11.6 Å². The van der Waals surface area contributed by atoms with Gasteiger partial charge < -0.3 is 10.2 Å². The highest BCUT2D eigenvalue weighted by Crippen LogP contribution is 2.34. The molecule has 1 saturated heterocycles. The maximum absolute atomic E-state index is 13.9. The Kier molecular flexibility index (Phi) is 6.60. The number of piperidine rings is 1. The van der Waals surface area contributed by atoms with Crippen LogP contribution in [0.4, 0.5) is 17.6 Å². The third-order valence-corrected chi connectivity index (χ3v) is 5.83. The fourth-order valence-electron chi connectivity index (χ4n) is 3.86. The van der Waals surface area contributed by atoms with E-state index in [9.17, 15) is 27.2 Å². The number of rotatable bonds is 4. The molecule has 2 heterocycles. The zero-order chi connectivity index (χ0) is 24.5. The smallest absolute Gasteiger partial charge is 0.349 e. The second kappa shape index (κ2) is 9.46. The number of carbonyl (C=O) groups is 2. The predicted octanol–water partition coefficient (Wildman–Crippen LogP) is 4.72. The van der Waals surface area contributed by atoms with Crippen LogP contribution in [0.2, 0.25) is 5.02 Å². The van der Waals surface area contributed by atoms with Gasteiger partial charge in [-0.3, -0.25) is 9.59 Å². The molecule has 4 rings (SSSR count). The van der Waals surface area contributed by atoms with Gasteiger partial charge >= 0.3 is 6.18 Å². The quantitative estimate of drug-likeness (QED) is 0.534. The van der Waals surface area contributed by atoms with Gasteiger partial charge in [-0.2, -0.15) is 18.3 Å². The molecule has 34 heavy (non-hydrogen) atoms. The van der Waals surface area contributed by atoms with E-state index in [0.29, 0.717) is 22.5 Å². The monoisotopic (exact) mass is 494 g/mol. The highest BCUT2D eigenvalue weighted by molar-refractivity contribution is 6.30. The Labute approximate surface area is 197 Å². The highest BCUT2D eigenvalue weighted by atomic mass is 35.5. The number of nitrogens with one attached hydrogen (secondary N) is 1. The summed E-state index contributed by atoms with van der Waals surface area (Å²) in [6.07, 6.45) is -3.32. The van der Waals surface area contributed by atoms with E-state index in [2.05, 4.69) is 10.4 Å². The largest absolute Gasteiger partial charge is 0.434 e. The summed E-state index contributed by atoms with van der Waals surface area (Å²) in [4.78, 5) is 26.7. The van der Waals surface area contributed by atoms with Crippen molar-refractivity contribution >= 4 is 23.4 Å². The van der Waals surface area contributed by atoms with Gasteiger partial charge in [0.25, 0.3) is 11.8 Å². The first-order chi connectivity index (χ1) is 16.1. The molecular formula is C23H19ClF4N4O2. The SMILES string of the molecule is O=C(NC1CCN(C(=O)c2ccccc2F)CC1)c1cnn(-c2ccc(Cl)cc2)c1C(F)(F)F. The second-order valence-electron chi connectivity index (χ2n) is 7.81. The molecule has 2 aromatic carbocycles. The molecular weight excluding hydrogens is 476 g/mol. The molecule has 0 radical (unpaired) electrons. The molecule has 1 aliphatic heterocycles. The van der Waals surface area contributed by atoms with Crippen molar-refractivity contribution in [3.63, 3.8) is 0 Å².